The molecule has 0 saturated carbocycles. The summed E-state index contributed by atoms with van der Waals surface area (Å²) in [7, 11) is 0. The van der Waals surface area contributed by atoms with E-state index < -0.39 is 0 Å². The quantitative estimate of drug-likeness (QED) is 0.648. The monoisotopic (exact) mass is 181 g/mol. The molecule has 0 unspecified atom stereocenters. The number of rotatable bonds is 1. The highest BCUT2D eigenvalue weighted by molar-refractivity contribution is 6.32. The topological polar surface area (TPSA) is 12.9 Å². The molecule has 0 amide bonds. The smallest absolute Gasteiger partial charge is 0.0699 e. The highest BCUT2D eigenvalue weighted by atomic mass is 35.5. The Labute approximate surface area is 78.1 Å². The molecule has 12 heavy (non-hydrogen) atoms. The average molecular weight is 182 g/mol. The van der Waals surface area contributed by atoms with E-state index in [0.29, 0.717) is 0 Å². The number of allylic oxidation sites excluding steroid dienone is 2. The molecule has 1 heterocycles. The average Bonchev–Trinajstić information content (AvgIpc) is 2.04. The molecule has 0 aliphatic heterocycles. The van der Waals surface area contributed by atoms with Crippen LogP contribution in [-0.4, -0.2) is 4.98 Å². The Hall–Kier alpha value is -0.820. The van der Waals surface area contributed by atoms with Crippen LogP contribution in [-0.2, 0) is 0 Å². The number of nitrogens with zero attached hydrogens (tertiary/aromatic N) is 1. The lowest BCUT2D eigenvalue weighted by Crippen LogP contribution is -1.90. The van der Waals surface area contributed by atoms with Gasteiger partial charge in [-0.25, -0.2) is 0 Å². The minimum atomic E-state index is 0.803. The van der Waals surface area contributed by atoms with Gasteiger partial charge in [0, 0.05) is 11.2 Å². The Morgan fingerprint density at radius 2 is 2.08 bits per heavy atom. The van der Waals surface area contributed by atoms with Crippen molar-refractivity contribution in [2.45, 2.75) is 20.8 Å². The Kier molecular flexibility index (Phi) is 2.88. The molecule has 1 aromatic heterocycles. The molecule has 0 fully saturated rings. The molecule has 1 nitrogen and oxygen atoms in total. The largest absolute Gasteiger partial charge is 0.256 e. The maximum Gasteiger partial charge on any atom is 0.0699 e. The van der Waals surface area contributed by atoms with Crippen LogP contribution in [0.5, 0.6) is 0 Å². The zero-order chi connectivity index (χ0) is 9.14. The van der Waals surface area contributed by atoms with Crippen molar-refractivity contribution in [3.8, 4) is 0 Å². The SMILES string of the molecule is CC(Cl)=C(C)c1ncccc1C. The number of halogens is 1. The van der Waals surface area contributed by atoms with Crippen molar-refractivity contribution in [1.82, 2.24) is 4.98 Å². The Bertz CT molecular complexity index is 311. The van der Waals surface area contributed by atoms with Crippen LogP contribution in [0.3, 0.4) is 0 Å². The number of hydrogen-bond acceptors (Lipinski definition) is 1. The second-order valence-corrected chi connectivity index (χ2v) is 3.39. The third-order valence-corrected chi connectivity index (χ3v) is 2.16. The highest BCUT2D eigenvalue weighted by Gasteiger charge is 2.02. The summed E-state index contributed by atoms with van der Waals surface area (Å²) in [6.45, 7) is 5.90. The molecule has 1 rings (SSSR count). The second-order valence-electron chi connectivity index (χ2n) is 2.83. The lowest BCUT2D eigenvalue weighted by atomic mass is 10.1. The molecule has 0 aliphatic rings. The van der Waals surface area contributed by atoms with Gasteiger partial charge in [-0.05, 0) is 38.0 Å². The predicted octanol–water partition coefficient (Wildman–Crippen LogP) is 3.38. The standard InChI is InChI=1S/C10H12ClN/c1-7-5-4-6-12-10(7)8(2)9(3)11/h4-6H,1-3H3. The Balaban J connectivity index is 3.21. The first-order chi connectivity index (χ1) is 5.63. The number of pyridine rings is 1. The molecule has 0 aromatic carbocycles. The van der Waals surface area contributed by atoms with Gasteiger partial charge in [-0.1, -0.05) is 17.7 Å². The van der Waals surface area contributed by atoms with Gasteiger partial charge in [0.25, 0.3) is 0 Å². The zero-order valence-electron chi connectivity index (χ0n) is 7.56. The van der Waals surface area contributed by atoms with Gasteiger partial charge in [0.05, 0.1) is 5.69 Å². The van der Waals surface area contributed by atoms with Crippen LogP contribution >= 0.6 is 11.6 Å². The van der Waals surface area contributed by atoms with Crippen LogP contribution < -0.4 is 0 Å². The summed E-state index contributed by atoms with van der Waals surface area (Å²) < 4.78 is 0. The maximum absolute atomic E-state index is 5.87. The van der Waals surface area contributed by atoms with Crippen LogP contribution in [0.1, 0.15) is 25.1 Å². The van der Waals surface area contributed by atoms with Crippen molar-refractivity contribution < 1.29 is 0 Å². The molecule has 1 aromatic rings. The first-order valence-corrected chi connectivity index (χ1v) is 4.25. The van der Waals surface area contributed by atoms with E-state index in [2.05, 4.69) is 4.98 Å². The molecule has 0 aliphatic carbocycles. The number of hydrogen-bond donors (Lipinski definition) is 0. The van der Waals surface area contributed by atoms with Gasteiger partial charge < -0.3 is 0 Å². The van der Waals surface area contributed by atoms with Crippen molar-refractivity contribution in [1.29, 1.82) is 0 Å². The number of aryl methyl sites for hydroxylation is 1. The summed E-state index contributed by atoms with van der Waals surface area (Å²) in [5.74, 6) is 0. The summed E-state index contributed by atoms with van der Waals surface area (Å²) in [6, 6.07) is 3.96. The van der Waals surface area contributed by atoms with Crippen molar-refractivity contribution in [2.24, 2.45) is 0 Å². The molecule has 0 bridgehead atoms. The summed E-state index contributed by atoms with van der Waals surface area (Å²) in [4.78, 5) is 4.26. The van der Waals surface area contributed by atoms with Crippen LogP contribution in [0.4, 0.5) is 0 Å². The molecular weight excluding hydrogens is 170 g/mol. The Morgan fingerprint density at radius 1 is 1.42 bits per heavy atom. The Morgan fingerprint density at radius 3 is 2.58 bits per heavy atom. The molecule has 0 saturated heterocycles. The van der Waals surface area contributed by atoms with E-state index in [0.717, 1.165) is 21.9 Å². The molecule has 0 atom stereocenters. The van der Waals surface area contributed by atoms with E-state index in [1.54, 1.807) is 6.20 Å². The van der Waals surface area contributed by atoms with E-state index in [1.807, 2.05) is 32.9 Å². The van der Waals surface area contributed by atoms with Gasteiger partial charge in [0.2, 0.25) is 0 Å². The molecule has 0 N–H and O–H groups in total. The highest BCUT2D eigenvalue weighted by Crippen LogP contribution is 2.20. The fourth-order valence-electron chi connectivity index (χ4n) is 1.04. The summed E-state index contributed by atoms with van der Waals surface area (Å²) in [5, 5.41) is 0.803. The zero-order valence-corrected chi connectivity index (χ0v) is 8.31. The maximum atomic E-state index is 5.87. The minimum absolute atomic E-state index is 0.803. The number of aromatic nitrogens is 1. The molecule has 0 radical (unpaired) electrons. The van der Waals surface area contributed by atoms with E-state index in [4.69, 9.17) is 11.6 Å². The molecule has 0 spiro atoms. The van der Waals surface area contributed by atoms with Gasteiger partial charge in [-0.2, -0.15) is 0 Å². The van der Waals surface area contributed by atoms with E-state index in [1.165, 1.54) is 0 Å². The van der Waals surface area contributed by atoms with Crippen LogP contribution in [0, 0.1) is 6.92 Å². The van der Waals surface area contributed by atoms with Gasteiger partial charge in [-0.15, -0.1) is 0 Å². The third-order valence-electron chi connectivity index (χ3n) is 1.88. The van der Waals surface area contributed by atoms with Crippen molar-refractivity contribution in [2.75, 3.05) is 0 Å². The van der Waals surface area contributed by atoms with Gasteiger partial charge in [0.15, 0.2) is 0 Å². The van der Waals surface area contributed by atoms with Gasteiger partial charge >= 0.3 is 0 Å². The van der Waals surface area contributed by atoms with Crippen molar-refractivity contribution in [3.05, 3.63) is 34.6 Å². The lowest BCUT2D eigenvalue weighted by Gasteiger charge is -2.04. The first kappa shape index (κ1) is 9.27. The summed E-state index contributed by atoms with van der Waals surface area (Å²) >= 11 is 5.87. The second kappa shape index (κ2) is 3.72. The predicted molar refractivity (Wildman–Crippen MR) is 53.1 cm³/mol. The third kappa shape index (κ3) is 1.86. The van der Waals surface area contributed by atoms with E-state index in [9.17, 15) is 0 Å². The van der Waals surface area contributed by atoms with E-state index >= 15 is 0 Å². The normalized spacial score (nSPS) is 12.7. The first-order valence-electron chi connectivity index (χ1n) is 3.88. The summed E-state index contributed by atoms with van der Waals surface area (Å²) in [5.41, 5.74) is 3.20. The van der Waals surface area contributed by atoms with Crippen molar-refractivity contribution in [3.63, 3.8) is 0 Å². The fourth-order valence-corrected chi connectivity index (χ4v) is 1.13. The van der Waals surface area contributed by atoms with Crippen molar-refractivity contribution >= 4 is 17.2 Å². The van der Waals surface area contributed by atoms with Gasteiger partial charge in [-0.3, -0.25) is 4.98 Å². The van der Waals surface area contributed by atoms with Crippen LogP contribution in [0.25, 0.3) is 5.57 Å². The van der Waals surface area contributed by atoms with Crippen LogP contribution in [0.2, 0.25) is 0 Å². The van der Waals surface area contributed by atoms with E-state index in [-0.39, 0.29) is 0 Å². The summed E-state index contributed by atoms with van der Waals surface area (Å²) in [6.07, 6.45) is 1.78. The lowest BCUT2D eigenvalue weighted by molar-refractivity contribution is 1.21. The molecule has 2 heteroatoms. The van der Waals surface area contributed by atoms with Gasteiger partial charge in [0.1, 0.15) is 0 Å². The fraction of sp³-hybridized carbons (Fsp3) is 0.300. The molecule has 64 valence electrons. The molecular formula is C10H12ClN. The van der Waals surface area contributed by atoms with Crippen LogP contribution in [0.15, 0.2) is 23.4 Å². The minimum Gasteiger partial charge on any atom is -0.256 e.